The first kappa shape index (κ1) is 9.37. The smallest absolute Gasteiger partial charge is 0.251 e. The van der Waals surface area contributed by atoms with E-state index in [0.29, 0.717) is 6.07 Å². The van der Waals surface area contributed by atoms with E-state index < -0.39 is 34.7 Å². The highest BCUT2D eigenvalue weighted by Gasteiger charge is 2.20. The van der Waals surface area contributed by atoms with Gasteiger partial charge in [0.05, 0.1) is 5.56 Å². The normalized spacial score (nSPS) is 10.1. The molecule has 6 heteroatoms. The SMILES string of the molecule is NC(=O)c1cc(F)c(O)c(F)c1F. The monoisotopic (exact) mass is 191 g/mol. The lowest BCUT2D eigenvalue weighted by molar-refractivity contribution is 0.0994. The molecule has 1 aromatic carbocycles. The second-order valence-electron chi connectivity index (χ2n) is 2.25. The summed E-state index contributed by atoms with van der Waals surface area (Å²) in [6, 6.07) is 0.329. The van der Waals surface area contributed by atoms with Crippen molar-refractivity contribution in [2.24, 2.45) is 5.73 Å². The van der Waals surface area contributed by atoms with Crippen molar-refractivity contribution in [1.82, 2.24) is 0 Å². The molecule has 0 radical (unpaired) electrons. The Bertz CT molecular complexity index is 378. The number of phenolic OH excluding ortho intramolecular Hbond substituents is 1. The van der Waals surface area contributed by atoms with Crippen molar-refractivity contribution in [2.45, 2.75) is 0 Å². The number of rotatable bonds is 1. The van der Waals surface area contributed by atoms with Crippen LogP contribution in [-0.4, -0.2) is 11.0 Å². The van der Waals surface area contributed by atoms with Crippen LogP contribution in [0.5, 0.6) is 5.75 Å². The van der Waals surface area contributed by atoms with E-state index in [9.17, 15) is 18.0 Å². The summed E-state index contributed by atoms with van der Waals surface area (Å²) in [5, 5.41) is 8.55. The number of carbonyl (C=O) groups excluding carboxylic acids is 1. The standard InChI is InChI=1S/C7H4F3NO2/c8-3-1-2(7(11)13)4(9)5(10)6(3)12/h1,12H,(H2,11,13). The minimum atomic E-state index is -1.83. The van der Waals surface area contributed by atoms with Gasteiger partial charge in [-0.15, -0.1) is 0 Å². The molecule has 0 saturated carbocycles. The van der Waals surface area contributed by atoms with E-state index in [1.54, 1.807) is 0 Å². The Morgan fingerprint density at radius 2 is 1.85 bits per heavy atom. The number of phenols is 1. The highest BCUT2D eigenvalue weighted by atomic mass is 19.2. The zero-order valence-corrected chi connectivity index (χ0v) is 6.14. The van der Waals surface area contributed by atoms with Crippen molar-refractivity contribution in [3.63, 3.8) is 0 Å². The molecule has 1 rings (SSSR count). The molecule has 0 bridgehead atoms. The van der Waals surface area contributed by atoms with Crippen LogP contribution in [0.4, 0.5) is 13.2 Å². The number of aromatic hydroxyl groups is 1. The Kier molecular flexibility index (Phi) is 2.14. The summed E-state index contributed by atoms with van der Waals surface area (Å²) in [6.45, 7) is 0. The highest BCUT2D eigenvalue weighted by Crippen LogP contribution is 2.24. The predicted octanol–water partition coefficient (Wildman–Crippen LogP) is 0.908. The third-order valence-electron chi connectivity index (χ3n) is 1.40. The molecule has 1 amide bonds. The average molecular weight is 191 g/mol. The van der Waals surface area contributed by atoms with Crippen molar-refractivity contribution in [3.8, 4) is 5.75 Å². The third kappa shape index (κ3) is 1.42. The summed E-state index contributed by atoms with van der Waals surface area (Å²) >= 11 is 0. The van der Waals surface area contributed by atoms with Crippen molar-refractivity contribution in [2.75, 3.05) is 0 Å². The first-order chi connectivity index (χ1) is 5.95. The summed E-state index contributed by atoms with van der Waals surface area (Å²) in [5.41, 5.74) is 3.67. The fourth-order valence-electron chi connectivity index (χ4n) is 0.765. The summed E-state index contributed by atoms with van der Waals surface area (Å²) < 4.78 is 37.7. The van der Waals surface area contributed by atoms with Crippen LogP contribution in [-0.2, 0) is 0 Å². The Balaban J connectivity index is 3.50. The molecule has 1 aromatic rings. The van der Waals surface area contributed by atoms with Gasteiger partial charge >= 0.3 is 0 Å². The van der Waals surface area contributed by atoms with Crippen LogP contribution in [0.3, 0.4) is 0 Å². The van der Waals surface area contributed by atoms with Crippen molar-refractivity contribution >= 4 is 5.91 Å². The molecule has 0 spiro atoms. The number of hydrogen-bond acceptors (Lipinski definition) is 2. The van der Waals surface area contributed by atoms with Gasteiger partial charge in [-0.05, 0) is 6.07 Å². The number of benzene rings is 1. The van der Waals surface area contributed by atoms with Crippen LogP contribution in [0.25, 0.3) is 0 Å². The highest BCUT2D eigenvalue weighted by molar-refractivity contribution is 5.93. The molecule has 0 heterocycles. The number of halogens is 3. The fourth-order valence-corrected chi connectivity index (χ4v) is 0.765. The Hall–Kier alpha value is -1.72. The van der Waals surface area contributed by atoms with Crippen molar-refractivity contribution in [1.29, 1.82) is 0 Å². The molecular formula is C7H4F3NO2. The Morgan fingerprint density at radius 3 is 2.31 bits per heavy atom. The van der Waals surface area contributed by atoms with Gasteiger partial charge in [0.1, 0.15) is 0 Å². The molecule has 0 aliphatic rings. The van der Waals surface area contributed by atoms with Gasteiger partial charge < -0.3 is 10.8 Å². The molecule has 0 aromatic heterocycles. The van der Waals surface area contributed by atoms with E-state index in [2.05, 4.69) is 5.73 Å². The first-order valence-corrected chi connectivity index (χ1v) is 3.11. The molecule has 0 aliphatic carbocycles. The molecule has 13 heavy (non-hydrogen) atoms. The van der Waals surface area contributed by atoms with Crippen LogP contribution >= 0.6 is 0 Å². The van der Waals surface area contributed by atoms with Crippen LogP contribution in [0.15, 0.2) is 6.07 Å². The lowest BCUT2D eigenvalue weighted by Crippen LogP contribution is -2.14. The molecule has 0 fully saturated rings. The third-order valence-corrected chi connectivity index (χ3v) is 1.40. The van der Waals surface area contributed by atoms with Gasteiger partial charge in [0, 0.05) is 0 Å². The summed E-state index contributed by atoms with van der Waals surface area (Å²) in [7, 11) is 0. The largest absolute Gasteiger partial charge is 0.503 e. The zero-order chi connectivity index (χ0) is 10.2. The van der Waals surface area contributed by atoms with Crippen LogP contribution < -0.4 is 5.73 Å². The zero-order valence-electron chi connectivity index (χ0n) is 6.14. The molecule has 3 N–H and O–H groups in total. The number of amides is 1. The topological polar surface area (TPSA) is 63.3 Å². The molecule has 0 atom stereocenters. The van der Waals surface area contributed by atoms with E-state index in [0.717, 1.165) is 0 Å². The van der Waals surface area contributed by atoms with Crippen LogP contribution in [0.2, 0.25) is 0 Å². The second kappa shape index (κ2) is 2.96. The van der Waals surface area contributed by atoms with Gasteiger partial charge in [-0.1, -0.05) is 0 Å². The van der Waals surface area contributed by atoms with E-state index in [-0.39, 0.29) is 0 Å². The van der Waals surface area contributed by atoms with Crippen LogP contribution in [0, 0.1) is 17.5 Å². The summed E-state index contributed by atoms with van der Waals surface area (Å²) in [4.78, 5) is 10.4. The molecule has 0 saturated heterocycles. The number of carbonyl (C=O) groups is 1. The van der Waals surface area contributed by atoms with Gasteiger partial charge in [-0.3, -0.25) is 4.79 Å². The minimum Gasteiger partial charge on any atom is -0.503 e. The van der Waals surface area contributed by atoms with E-state index in [1.165, 1.54) is 0 Å². The van der Waals surface area contributed by atoms with E-state index in [1.807, 2.05) is 0 Å². The average Bonchev–Trinajstić information content (AvgIpc) is 2.07. The Morgan fingerprint density at radius 1 is 1.31 bits per heavy atom. The molecular weight excluding hydrogens is 187 g/mol. The number of nitrogens with two attached hydrogens (primary N) is 1. The first-order valence-electron chi connectivity index (χ1n) is 3.11. The lowest BCUT2D eigenvalue weighted by Gasteiger charge is -2.02. The van der Waals surface area contributed by atoms with E-state index in [4.69, 9.17) is 5.11 Å². The van der Waals surface area contributed by atoms with Crippen molar-refractivity contribution < 1.29 is 23.1 Å². The van der Waals surface area contributed by atoms with Gasteiger partial charge in [0.15, 0.2) is 17.4 Å². The van der Waals surface area contributed by atoms with Gasteiger partial charge in [0.2, 0.25) is 5.82 Å². The number of hydrogen-bond donors (Lipinski definition) is 2. The van der Waals surface area contributed by atoms with Crippen molar-refractivity contribution in [3.05, 3.63) is 29.1 Å². The maximum atomic E-state index is 12.7. The van der Waals surface area contributed by atoms with Gasteiger partial charge in [-0.25, -0.2) is 8.78 Å². The van der Waals surface area contributed by atoms with Gasteiger partial charge in [0.25, 0.3) is 5.91 Å². The molecule has 0 aliphatic heterocycles. The van der Waals surface area contributed by atoms with E-state index >= 15 is 0 Å². The maximum Gasteiger partial charge on any atom is 0.251 e. The maximum absolute atomic E-state index is 12.7. The summed E-state index contributed by atoms with van der Waals surface area (Å²) in [6.07, 6.45) is 0. The quantitative estimate of drug-likeness (QED) is 0.648. The van der Waals surface area contributed by atoms with Crippen LogP contribution in [0.1, 0.15) is 10.4 Å². The van der Waals surface area contributed by atoms with Gasteiger partial charge in [-0.2, -0.15) is 4.39 Å². The lowest BCUT2D eigenvalue weighted by atomic mass is 10.2. The molecule has 0 unspecified atom stereocenters. The Labute approximate surface area is 70.6 Å². The minimum absolute atomic E-state index is 0.329. The number of primary amides is 1. The second-order valence-corrected chi connectivity index (χ2v) is 2.25. The fraction of sp³-hybridized carbons (Fsp3) is 0. The predicted molar refractivity (Wildman–Crippen MR) is 36.5 cm³/mol. The molecule has 3 nitrogen and oxygen atoms in total. The summed E-state index contributed by atoms with van der Waals surface area (Å²) in [5.74, 6) is -7.70. The molecule has 70 valence electrons.